The molecule has 0 saturated carbocycles. The molecule has 5 nitrogen and oxygen atoms in total. The predicted molar refractivity (Wildman–Crippen MR) is 88.1 cm³/mol. The summed E-state index contributed by atoms with van der Waals surface area (Å²) < 4.78 is 1.56. The summed E-state index contributed by atoms with van der Waals surface area (Å²) >= 11 is 2.72. The van der Waals surface area contributed by atoms with Gasteiger partial charge >= 0.3 is 0 Å². The number of carbonyl (C=O) groups excluding carboxylic acids is 1. The summed E-state index contributed by atoms with van der Waals surface area (Å²) in [6, 6.07) is 1.78. The van der Waals surface area contributed by atoms with E-state index >= 15 is 0 Å². The fraction of sp³-hybridized carbons (Fsp3) is 0.357. The van der Waals surface area contributed by atoms with E-state index in [1.54, 1.807) is 30.8 Å². The zero-order valence-corrected chi connectivity index (χ0v) is 13.8. The van der Waals surface area contributed by atoms with Crippen LogP contribution in [0.3, 0.4) is 0 Å². The number of amides is 1. The van der Waals surface area contributed by atoms with Crippen molar-refractivity contribution in [3.63, 3.8) is 0 Å². The number of aromatic nitrogens is 2. The molecule has 0 aliphatic rings. The second kappa shape index (κ2) is 6.44. The second-order valence-corrected chi connectivity index (χ2v) is 6.93. The van der Waals surface area contributed by atoms with Crippen LogP contribution in [0.4, 0.5) is 0 Å². The molecule has 0 radical (unpaired) electrons. The maximum Gasteiger partial charge on any atom is 0.263 e. The first-order chi connectivity index (χ1) is 9.95. The summed E-state index contributed by atoms with van der Waals surface area (Å²) in [5.74, 6) is -0.00863. The highest BCUT2D eigenvalue weighted by Crippen LogP contribution is 2.25. The van der Waals surface area contributed by atoms with E-state index in [1.165, 1.54) is 28.0 Å². The van der Waals surface area contributed by atoms with Crippen molar-refractivity contribution in [1.82, 2.24) is 14.5 Å². The zero-order chi connectivity index (χ0) is 15.6. The summed E-state index contributed by atoms with van der Waals surface area (Å²) in [5, 5.41) is 2.70. The van der Waals surface area contributed by atoms with Gasteiger partial charge < -0.3 is 4.90 Å². The minimum atomic E-state index is -0.305. The van der Waals surface area contributed by atoms with Crippen molar-refractivity contribution in [1.29, 1.82) is 0 Å². The summed E-state index contributed by atoms with van der Waals surface area (Å²) in [6.45, 7) is 5.87. The number of thiophene rings is 1. The minimum Gasteiger partial charge on any atom is -0.348 e. The Balaban J connectivity index is 2.46. The third-order valence-electron chi connectivity index (χ3n) is 2.93. The van der Waals surface area contributed by atoms with E-state index in [-0.39, 0.29) is 16.7 Å². The van der Waals surface area contributed by atoms with Gasteiger partial charge in [0, 0.05) is 20.6 Å². The van der Waals surface area contributed by atoms with Gasteiger partial charge in [-0.05, 0) is 18.4 Å². The van der Waals surface area contributed by atoms with E-state index < -0.39 is 0 Å². The van der Waals surface area contributed by atoms with Crippen molar-refractivity contribution in [2.24, 2.45) is 0 Å². The Kier molecular flexibility index (Phi) is 4.84. The molecule has 21 heavy (non-hydrogen) atoms. The molecule has 112 valence electrons. The Morgan fingerprint density at radius 3 is 2.95 bits per heavy atom. The van der Waals surface area contributed by atoms with E-state index in [0.717, 1.165) is 0 Å². The lowest BCUT2D eigenvalue weighted by Crippen LogP contribution is -2.31. The molecule has 0 aliphatic carbocycles. The molecular weight excluding hydrogens is 306 g/mol. The summed E-state index contributed by atoms with van der Waals surface area (Å²) in [4.78, 5) is 31.2. The molecule has 0 spiro atoms. The Morgan fingerprint density at radius 2 is 2.33 bits per heavy atom. The highest BCUT2D eigenvalue weighted by atomic mass is 32.2. The normalized spacial score (nSPS) is 12.3. The van der Waals surface area contributed by atoms with Crippen molar-refractivity contribution >= 4 is 39.2 Å². The quantitative estimate of drug-likeness (QED) is 0.481. The first-order valence-electron chi connectivity index (χ1n) is 6.42. The van der Waals surface area contributed by atoms with Crippen LogP contribution in [0.15, 0.2) is 34.1 Å². The zero-order valence-electron chi connectivity index (χ0n) is 12.2. The van der Waals surface area contributed by atoms with Crippen LogP contribution in [-0.4, -0.2) is 39.7 Å². The third-order valence-corrected chi connectivity index (χ3v) is 4.82. The molecule has 2 heterocycles. The van der Waals surface area contributed by atoms with Crippen LogP contribution in [0.1, 0.15) is 6.92 Å². The summed E-state index contributed by atoms with van der Waals surface area (Å²) in [7, 11) is 3.43. The van der Waals surface area contributed by atoms with Crippen LogP contribution in [0.2, 0.25) is 0 Å². The highest BCUT2D eigenvalue weighted by molar-refractivity contribution is 8.00. The van der Waals surface area contributed by atoms with E-state index in [4.69, 9.17) is 0 Å². The number of hydrogen-bond donors (Lipinski definition) is 0. The van der Waals surface area contributed by atoms with Gasteiger partial charge in [0.1, 0.15) is 4.83 Å². The largest absolute Gasteiger partial charge is 0.348 e. The van der Waals surface area contributed by atoms with E-state index in [2.05, 4.69) is 11.6 Å². The lowest BCUT2D eigenvalue weighted by molar-refractivity contribution is -0.127. The maximum atomic E-state index is 12.5. The molecule has 0 bridgehead atoms. The molecule has 0 saturated heterocycles. The molecule has 0 aliphatic heterocycles. The van der Waals surface area contributed by atoms with Gasteiger partial charge in [0.05, 0.1) is 10.6 Å². The maximum absolute atomic E-state index is 12.5. The molecule has 1 amide bonds. The van der Waals surface area contributed by atoms with Crippen LogP contribution >= 0.6 is 23.1 Å². The van der Waals surface area contributed by atoms with Gasteiger partial charge in [0.25, 0.3) is 5.56 Å². The van der Waals surface area contributed by atoms with Gasteiger partial charge in [-0.3, -0.25) is 14.2 Å². The van der Waals surface area contributed by atoms with Gasteiger partial charge in [0.15, 0.2) is 5.16 Å². The third kappa shape index (κ3) is 3.19. The Hall–Kier alpha value is -1.60. The van der Waals surface area contributed by atoms with E-state index in [1.807, 2.05) is 12.3 Å². The number of nitrogens with zero attached hydrogens (tertiary/aromatic N) is 3. The number of thioether (sulfide) groups is 1. The van der Waals surface area contributed by atoms with Crippen molar-refractivity contribution in [2.75, 3.05) is 14.1 Å². The van der Waals surface area contributed by atoms with Gasteiger partial charge in [-0.2, -0.15) is 0 Å². The fourth-order valence-electron chi connectivity index (χ4n) is 1.88. The highest BCUT2D eigenvalue weighted by Gasteiger charge is 2.20. The Bertz CT molecular complexity index is 733. The molecule has 1 atom stereocenters. The monoisotopic (exact) mass is 323 g/mol. The van der Waals surface area contributed by atoms with Crippen molar-refractivity contribution in [3.05, 3.63) is 34.5 Å². The van der Waals surface area contributed by atoms with Crippen LogP contribution in [-0.2, 0) is 11.3 Å². The van der Waals surface area contributed by atoms with Crippen LogP contribution in [0.25, 0.3) is 10.2 Å². The number of carbonyl (C=O) groups is 1. The molecule has 0 N–H and O–H groups in total. The average Bonchev–Trinajstić information content (AvgIpc) is 2.90. The smallest absolute Gasteiger partial charge is 0.263 e. The van der Waals surface area contributed by atoms with Gasteiger partial charge in [0.2, 0.25) is 5.91 Å². The molecule has 2 aromatic rings. The molecular formula is C14H17N3O2S2. The lowest BCUT2D eigenvalue weighted by atomic mass is 10.4. The van der Waals surface area contributed by atoms with Crippen molar-refractivity contribution in [2.45, 2.75) is 23.9 Å². The number of allylic oxidation sites excluding steroid dienone is 1. The van der Waals surface area contributed by atoms with E-state index in [9.17, 15) is 9.59 Å². The summed E-state index contributed by atoms with van der Waals surface area (Å²) in [5.41, 5.74) is -0.0897. The molecule has 0 aromatic carbocycles. The minimum absolute atomic E-state index is 0.00863. The topological polar surface area (TPSA) is 55.2 Å². The second-order valence-electron chi connectivity index (χ2n) is 4.73. The van der Waals surface area contributed by atoms with Crippen LogP contribution < -0.4 is 5.56 Å². The molecule has 1 unspecified atom stereocenters. The van der Waals surface area contributed by atoms with Gasteiger partial charge in [-0.15, -0.1) is 17.9 Å². The van der Waals surface area contributed by atoms with Gasteiger partial charge in [-0.1, -0.05) is 17.8 Å². The molecule has 0 fully saturated rings. The number of hydrogen-bond acceptors (Lipinski definition) is 5. The lowest BCUT2D eigenvalue weighted by Gasteiger charge is -2.17. The van der Waals surface area contributed by atoms with E-state index in [0.29, 0.717) is 21.9 Å². The first-order valence-corrected chi connectivity index (χ1v) is 8.18. The van der Waals surface area contributed by atoms with Crippen molar-refractivity contribution in [3.8, 4) is 0 Å². The Labute approximate surface area is 131 Å². The van der Waals surface area contributed by atoms with Crippen LogP contribution in [0.5, 0.6) is 0 Å². The fourth-order valence-corrected chi connectivity index (χ4v) is 3.75. The van der Waals surface area contributed by atoms with Crippen molar-refractivity contribution < 1.29 is 4.79 Å². The standard InChI is InChI=1S/C14H17N3O2S2/c1-5-7-17-13(19)10-6-8-20-11(10)15-14(17)21-9(2)12(18)16(3)4/h5-6,8-9H,1,7H2,2-4H3. The number of rotatable bonds is 5. The van der Waals surface area contributed by atoms with Gasteiger partial charge in [-0.25, -0.2) is 4.98 Å². The SMILES string of the molecule is C=CCn1c(SC(C)C(=O)N(C)C)nc2sccc2c1=O. The molecule has 2 rings (SSSR count). The summed E-state index contributed by atoms with van der Waals surface area (Å²) in [6.07, 6.45) is 1.66. The average molecular weight is 323 g/mol. The number of fused-ring (bicyclic) bond motifs is 1. The predicted octanol–water partition coefficient (Wildman–Crippen LogP) is 2.21. The van der Waals surface area contributed by atoms with Crippen LogP contribution in [0, 0.1) is 0 Å². The first kappa shape index (κ1) is 15.8. The Morgan fingerprint density at radius 1 is 1.62 bits per heavy atom. The molecule has 7 heteroatoms. The molecule has 2 aromatic heterocycles.